The molecule has 0 aliphatic carbocycles. The van der Waals surface area contributed by atoms with Crippen LogP contribution in [-0.2, 0) is 0 Å². The molecule has 74 valence electrons. The summed E-state index contributed by atoms with van der Waals surface area (Å²) in [6, 6.07) is 0. The molecule has 0 spiro atoms. The summed E-state index contributed by atoms with van der Waals surface area (Å²) in [7, 11) is 2.93. The summed E-state index contributed by atoms with van der Waals surface area (Å²) in [6.07, 6.45) is 2.55. The van der Waals surface area contributed by atoms with Crippen LogP contribution in [0.4, 0.5) is 0 Å². The zero-order chi connectivity index (χ0) is 9.56. The van der Waals surface area contributed by atoms with Gasteiger partial charge in [0, 0.05) is 10.5 Å². The van der Waals surface area contributed by atoms with Crippen molar-refractivity contribution >= 4 is 32.8 Å². The Morgan fingerprint density at radius 3 is 1.58 bits per heavy atom. The van der Waals surface area contributed by atoms with Crippen LogP contribution in [0.25, 0.3) is 0 Å². The molecule has 0 N–H and O–H groups in total. The van der Waals surface area contributed by atoms with Crippen molar-refractivity contribution in [3.05, 3.63) is 0 Å². The summed E-state index contributed by atoms with van der Waals surface area (Å²) < 4.78 is 0.676. The molecule has 3 atom stereocenters. The second-order valence-corrected chi connectivity index (χ2v) is 8.18. The number of hydrogen-bond acceptors (Lipinski definition) is 2. The van der Waals surface area contributed by atoms with E-state index in [1.54, 1.807) is 0 Å². The van der Waals surface area contributed by atoms with E-state index in [-0.39, 0.29) is 0 Å². The Balaban J connectivity index is 3.51. The van der Waals surface area contributed by atoms with Crippen LogP contribution in [0.1, 0.15) is 40.5 Å². The Kier molecular flexibility index (Phi) is 8.23. The fourth-order valence-electron chi connectivity index (χ4n) is 0.682. The van der Waals surface area contributed by atoms with Gasteiger partial charge in [0.05, 0.1) is 4.32 Å². The lowest BCUT2D eigenvalue weighted by atomic mass is 10.4. The SMILES string of the molecule is CCC(C)SC(P)SC(C)CC. The van der Waals surface area contributed by atoms with E-state index in [1.165, 1.54) is 12.8 Å². The Morgan fingerprint density at radius 2 is 1.33 bits per heavy atom. The highest BCUT2D eigenvalue weighted by Gasteiger charge is 2.10. The summed E-state index contributed by atoms with van der Waals surface area (Å²) in [5.41, 5.74) is 0. The first-order valence-corrected chi connectivity index (χ1v) is 7.21. The van der Waals surface area contributed by atoms with Gasteiger partial charge in [-0.3, -0.25) is 0 Å². The van der Waals surface area contributed by atoms with Gasteiger partial charge in [-0.1, -0.05) is 27.7 Å². The normalized spacial score (nSPS) is 18.8. The van der Waals surface area contributed by atoms with Crippen LogP contribution in [0.2, 0.25) is 0 Å². The molecule has 0 saturated heterocycles. The van der Waals surface area contributed by atoms with E-state index in [2.05, 4.69) is 60.5 Å². The number of thioether (sulfide) groups is 2. The molecule has 0 fully saturated rings. The van der Waals surface area contributed by atoms with E-state index in [1.807, 2.05) is 0 Å². The molecule has 0 aliphatic rings. The van der Waals surface area contributed by atoms with E-state index < -0.39 is 0 Å². The van der Waals surface area contributed by atoms with Crippen molar-refractivity contribution in [3.63, 3.8) is 0 Å². The predicted molar refractivity (Wildman–Crippen MR) is 68.2 cm³/mol. The molecule has 0 radical (unpaired) electrons. The lowest BCUT2D eigenvalue weighted by Gasteiger charge is -2.18. The number of hydrogen-bond donors (Lipinski definition) is 0. The average molecular weight is 224 g/mol. The second kappa shape index (κ2) is 7.53. The Bertz CT molecular complexity index is 96.7. The van der Waals surface area contributed by atoms with Crippen LogP contribution < -0.4 is 0 Å². The van der Waals surface area contributed by atoms with Gasteiger partial charge in [-0.15, -0.1) is 32.8 Å². The highest BCUT2D eigenvalue weighted by Crippen LogP contribution is 2.36. The van der Waals surface area contributed by atoms with Gasteiger partial charge in [-0.05, 0) is 12.8 Å². The molecule has 0 heterocycles. The van der Waals surface area contributed by atoms with Gasteiger partial charge in [0.15, 0.2) is 0 Å². The predicted octanol–water partition coefficient (Wildman–Crippen LogP) is 4.21. The first kappa shape index (κ1) is 13.1. The first-order valence-electron chi connectivity index (χ1n) is 4.66. The first-order chi connectivity index (χ1) is 5.60. The summed E-state index contributed by atoms with van der Waals surface area (Å²) in [5, 5.41) is 1.59. The molecule has 0 aromatic carbocycles. The molecule has 0 amide bonds. The maximum Gasteiger partial charge on any atom is 0.0644 e. The molecule has 0 aromatic heterocycles. The molecule has 0 bridgehead atoms. The van der Waals surface area contributed by atoms with Gasteiger partial charge in [0.1, 0.15) is 0 Å². The molecular weight excluding hydrogens is 203 g/mol. The molecule has 0 aliphatic heterocycles. The molecule has 3 heteroatoms. The van der Waals surface area contributed by atoms with E-state index >= 15 is 0 Å². The van der Waals surface area contributed by atoms with Crippen molar-refractivity contribution in [2.75, 3.05) is 0 Å². The molecule has 0 saturated carbocycles. The highest BCUT2D eigenvalue weighted by atomic mass is 32.2. The van der Waals surface area contributed by atoms with Gasteiger partial charge in [-0.25, -0.2) is 0 Å². The summed E-state index contributed by atoms with van der Waals surface area (Å²) in [5.74, 6) is 0. The van der Waals surface area contributed by atoms with Crippen LogP contribution in [0, 0.1) is 0 Å². The van der Waals surface area contributed by atoms with Crippen LogP contribution >= 0.6 is 32.8 Å². The minimum absolute atomic E-state index is 0.676. The molecule has 12 heavy (non-hydrogen) atoms. The van der Waals surface area contributed by atoms with E-state index in [9.17, 15) is 0 Å². The zero-order valence-electron chi connectivity index (χ0n) is 8.54. The maximum absolute atomic E-state index is 2.93. The van der Waals surface area contributed by atoms with Crippen molar-refractivity contribution in [2.24, 2.45) is 0 Å². The van der Waals surface area contributed by atoms with Gasteiger partial charge in [0.2, 0.25) is 0 Å². The summed E-state index contributed by atoms with van der Waals surface area (Å²) >= 11 is 4.14. The molecule has 0 nitrogen and oxygen atoms in total. The van der Waals surface area contributed by atoms with Gasteiger partial charge < -0.3 is 0 Å². The molecule has 3 unspecified atom stereocenters. The fourth-order valence-corrected chi connectivity index (χ4v) is 4.99. The van der Waals surface area contributed by atoms with E-state index in [0.29, 0.717) is 4.32 Å². The lowest BCUT2D eigenvalue weighted by molar-refractivity contribution is 0.902. The fraction of sp³-hybridized carbons (Fsp3) is 1.00. The van der Waals surface area contributed by atoms with Crippen LogP contribution in [0.15, 0.2) is 0 Å². The third-order valence-corrected chi connectivity index (χ3v) is 5.62. The van der Waals surface area contributed by atoms with Crippen molar-refractivity contribution in [1.29, 1.82) is 0 Å². The van der Waals surface area contributed by atoms with Crippen molar-refractivity contribution in [1.82, 2.24) is 0 Å². The van der Waals surface area contributed by atoms with E-state index in [4.69, 9.17) is 0 Å². The zero-order valence-corrected chi connectivity index (χ0v) is 11.3. The monoisotopic (exact) mass is 224 g/mol. The van der Waals surface area contributed by atoms with Gasteiger partial charge in [-0.2, -0.15) is 0 Å². The van der Waals surface area contributed by atoms with Crippen molar-refractivity contribution < 1.29 is 0 Å². The molecule has 0 aromatic rings. The quantitative estimate of drug-likeness (QED) is 0.489. The Hall–Kier alpha value is 1.13. The third kappa shape index (κ3) is 6.62. The highest BCUT2D eigenvalue weighted by molar-refractivity contribution is 8.21. The van der Waals surface area contributed by atoms with Crippen molar-refractivity contribution in [2.45, 2.75) is 55.4 Å². The van der Waals surface area contributed by atoms with Crippen LogP contribution in [0.3, 0.4) is 0 Å². The Labute approximate surface area is 88.2 Å². The standard InChI is InChI=1S/C9H21PS2/c1-5-7(3)11-9(10)12-8(4)6-2/h7-9H,5-6,10H2,1-4H3. The van der Waals surface area contributed by atoms with Gasteiger partial charge in [0.25, 0.3) is 0 Å². The third-order valence-electron chi connectivity index (χ3n) is 1.88. The largest absolute Gasteiger partial charge is 0.140 e. The minimum Gasteiger partial charge on any atom is -0.140 e. The van der Waals surface area contributed by atoms with Crippen molar-refractivity contribution in [3.8, 4) is 0 Å². The summed E-state index contributed by atoms with van der Waals surface area (Å²) in [4.78, 5) is 0. The Morgan fingerprint density at radius 1 is 1.00 bits per heavy atom. The lowest BCUT2D eigenvalue weighted by Crippen LogP contribution is -2.02. The minimum atomic E-state index is 0.676. The molecule has 0 rings (SSSR count). The topological polar surface area (TPSA) is 0 Å². The average Bonchev–Trinajstić information content (AvgIpc) is 2.03. The maximum atomic E-state index is 2.93. The summed E-state index contributed by atoms with van der Waals surface area (Å²) in [6.45, 7) is 9.11. The second-order valence-electron chi connectivity index (χ2n) is 3.08. The van der Waals surface area contributed by atoms with E-state index in [0.717, 1.165) is 10.5 Å². The molecular formula is C9H21PS2. The van der Waals surface area contributed by atoms with Crippen LogP contribution in [0.5, 0.6) is 0 Å². The smallest absolute Gasteiger partial charge is 0.0644 e. The van der Waals surface area contributed by atoms with Crippen LogP contribution in [-0.4, -0.2) is 14.8 Å². The number of rotatable bonds is 6. The van der Waals surface area contributed by atoms with Gasteiger partial charge >= 0.3 is 0 Å².